The molecule has 0 aromatic heterocycles. The molecule has 0 unspecified atom stereocenters. The largest absolute Gasteiger partial charge is 0.535 e. The first-order valence-corrected chi connectivity index (χ1v) is 7.43. The lowest BCUT2D eigenvalue weighted by Gasteiger charge is -2.28. The van der Waals surface area contributed by atoms with Gasteiger partial charge in [-0.15, -0.1) is 0 Å². The molecule has 0 saturated carbocycles. The van der Waals surface area contributed by atoms with Crippen LogP contribution in [0.25, 0.3) is 0 Å². The summed E-state index contributed by atoms with van der Waals surface area (Å²) < 4.78 is 37.6. The Balaban J connectivity index is 2.41. The Morgan fingerprint density at radius 3 is 2.74 bits per heavy atom. The summed E-state index contributed by atoms with van der Waals surface area (Å²) >= 11 is 0. The van der Waals surface area contributed by atoms with Crippen LogP contribution in [0.5, 0.6) is 5.75 Å². The van der Waals surface area contributed by atoms with Crippen LogP contribution in [0.3, 0.4) is 0 Å². The number of carbonyl (C=O) groups is 2. The molecule has 1 aliphatic rings. The summed E-state index contributed by atoms with van der Waals surface area (Å²) in [6.45, 7) is 3.21. The number of benzene rings is 1. The molecule has 1 atom stereocenters. The summed E-state index contributed by atoms with van der Waals surface area (Å²) in [4.78, 5) is 23.4. The van der Waals surface area contributed by atoms with E-state index in [1.165, 1.54) is 6.92 Å². The van der Waals surface area contributed by atoms with E-state index in [1.54, 1.807) is 6.92 Å². The first-order valence-electron chi connectivity index (χ1n) is 7.43. The average Bonchev–Trinajstić information content (AvgIpc) is 2.50. The molecule has 1 aliphatic heterocycles. The van der Waals surface area contributed by atoms with Gasteiger partial charge in [0, 0.05) is 18.7 Å². The zero-order valence-corrected chi connectivity index (χ0v) is 12.9. The van der Waals surface area contributed by atoms with Gasteiger partial charge in [0.2, 0.25) is 0 Å². The molecule has 0 radical (unpaired) electrons. The van der Waals surface area contributed by atoms with Crippen LogP contribution in [0, 0.1) is 11.6 Å². The molecule has 8 heteroatoms. The summed E-state index contributed by atoms with van der Waals surface area (Å²) in [6.07, 6.45) is 0.471. The number of rotatable bonds is 5. The maximum atomic E-state index is 14.0. The molecule has 0 bridgehead atoms. The highest BCUT2D eigenvalue weighted by molar-refractivity contribution is 6.47. The quantitative estimate of drug-likeness (QED) is 0.664. The van der Waals surface area contributed by atoms with E-state index in [1.807, 2.05) is 0 Å². The molecule has 124 valence electrons. The monoisotopic (exact) mass is 326 g/mol. The molecule has 5 nitrogen and oxygen atoms in total. The molecular weight excluding hydrogens is 309 g/mol. The van der Waals surface area contributed by atoms with Crippen molar-refractivity contribution in [1.29, 1.82) is 0 Å². The summed E-state index contributed by atoms with van der Waals surface area (Å²) in [5.74, 6) is -4.51. The third-order valence-corrected chi connectivity index (χ3v) is 3.74. The molecule has 23 heavy (non-hydrogen) atoms. The number of Topliss-reactive ketones (excluding diaryl/α,β-unsaturated/α-hetero) is 1. The minimum Gasteiger partial charge on any atom is -0.535 e. The van der Waals surface area contributed by atoms with E-state index < -0.39 is 36.1 Å². The fraction of sp³-hybridized carbons (Fsp3) is 0.467. The maximum Gasteiger partial charge on any atom is 0.526 e. The van der Waals surface area contributed by atoms with Crippen molar-refractivity contribution in [3.63, 3.8) is 0 Å². The van der Waals surface area contributed by atoms with Gasteiger partial charge in [-0.1, -0.05) is 6.92 Å². The van der Waals surface area contributed by atoms with Crippen molar-refractivity contribution in [3.8, 4) is 5.75 Å². The molecule has 0 aliphatic carbocycles. The number of hydrogen-bond acceptors (Lipinski definition) is 5. The van der Waals surface area contributed by atoms with Crippen LogP contribution in [0.1, 0.15) is 42.6 Å². The normalized spacial score (nSPS) is 16.6. The Bertz CT molecular complexity index is 635. The predicted molar refractivity (Wildman–Crippen MR) is 78.3 cm³/mol. The third kappa shape index (κ3) is 3.52. The van der Waals surface area contributed by atoms with Gasteiger partial charge in [0.15, 0.2) is 11.6 Å². The molecule has 1 aromatic rings. The van der Waals surface area contributed by atoms with Crippen LogP contribution in [0.15, 0.2) is 6.07 Å². The molecule has 2 rings (SSSR count). The number of esters is 1. The standard InChI is InChI=1S/C15H17BF2O5/c1-3-10(19)7-9-5-8-6-11(17)13(18)12(15(20)22-4-2)14(8)23-16(9)21/h6,9,21H,3-5,7H2,1-2H3/t9-/m1/s1. The smallest absolute Gasteiger partial charge is 0.526 e. The topological polar surface area (TPSA) is 72.8 Å². The average molecular weight is 326 g/mol. The van der Waals surface area contributed by atoms with E-state index in [0.29, 0.717) is 6.42 Å². The Hall–Kier alpha value is -1.96. The number of hydrogen-bond donors (Lipinski definition) is 1. The number of fused-ring (bicyclic) bond motifs is 1. The van der Waals surface area contributed by atoms with Gasteiger partial charge in [-0.2, -0.15) is 0 Å². The maximum absolute atomic E-state index is 14.0. The van der Waals surface area contributed by atoms with E-state index >= 15 is 0 Å². The molecule has 0 saturated heterocycles. The van der Waals surface area contributed by atoms with E-state index in [2.05, 4.69) is 0 Å². The van der Waals surface area contributed by atoms with E-state index in [-0.39, 0.29) is 36.5 Å². The van der Waals surface area contributed by atoms with Crippen molar-refractivity contribution in [2.75, 3.05) is 6.61 Å². The van der Waals surface area contributed by atoms with Crippen LogP contribution >= 0.6 is 0 Å². The van der Waals surface area contributed by atoms with E-state index in [4.69, 9.17) is 9.39 Å². The highest BCUT2D eigenvalue weighted by atomic mass is 19.2. The van der Waals surface area contributed by atoms with E-state index in [9.17, 15) is 23.4 Å². The van der Waals surface area contributed by atoms with Crippen molar-refractivity contribution in [2.45, 2.75) is 38.9 Å². The lowest BCUT2D eigenvalue weighted by Crippen LogP contribution is -2.36. The third-order valence-electron chi connectivity index (χ3n) is 3.74. The van der Waals surface area contributed by atoms with Gasteiger partial charge in [-0.3, -0.25) is 4.79 Å². The number of ketones is 1. The Morgan fingerprint density at radius 1 is 1.43 bits per heavy atom. The van der Waals surface area contributed by atoms with Crippen LogP contribution in [0.4, 0.5) is 8.78 Å². The lowest BCUT2D eigenvalue weighted by molar-refractivity contribution is -0.118. The summed E-state index contributed by atoms with van der Waals surface area (Å²) in [6, 6.07) is 0.919. The lowest BCUT2D eigenvalue weighted by atomic mass is 9.64. The summed E-state index contributed by atoms with van der Waals surface area (Å²) in [5, 5.41) is 10.0. The minimum absolute atomic E-state index is 0.0141. The molecule has 0 amide bonds. The van der Waals surface area contributed by atoms with Crippen molar-refractivity contribution in [3.05, 3.63) is 28.8 Å². The molecular formula is C15H17BF2O5. The highest BCUT2D eigenvalue weighted by Gasteiger charge is 2.39. The molecule has 1 aromatic carbocycles. The molecule has 1 heterocycles. The van der Waals surface area contributed by atoms with Crippen LogP contribution in [-0.4, -0.2) is 30.5 Å². The molecule has 0 fully saturated rings. The van der Waals surface area contributed by atoms with Gasteiger partial charge in [-0.05, 0) is 25.0 Å². The fourth-order valence-electron chi connectivity index (χ4n) is 2.54. The first kappa shape index (κ1) is 17.4. The van der Waals surface area contributed by atoms with Gasteiger partial charge < -0.3 is 14.4 Å². The van der Waals surface area contributed by atoms with Gasteiger partial charge in [0.1, 0.15) is 17.1 Å². The zero-order chi connectivity index (χ0) is 17.1. The number of halogens is 2. The van der Waals surface area contributed by atoms with Gasteiger partial charge in [0.25, 0.3) is 0 Å². The Morgan fingerprint density at radius 2 is 2.13 bits per heavy atom. The second-order valence-corrected chi connectivity index (χ2v) is 5.33. The zero-order valence-electron chi connectivity index (χ0n) is 12.9. The highest BCUT2D eigenvalue weighted by Crippen LogP contribution is 2.38. The van der Waals surface area contributed by atoms with Crippen LogP contribution in [-0.2, 0) is 16.0 Å². The van der Waals surface area contributed by atoms with Crippen molar-refractivity contribution >= 4 is 18.9 Å². The SMILES string of the molecule is CCOC(=O)c1c(F)c(F)cc2c1OB(O)[C@@H](CC(=O)CC)C2. The Labute approximate surface area is 132 Å². The van der Waals surface area contributed by atoms with Crippen LogP contribution in [0.2, 0.25) is 5.82 Å². The predicted octanol–water partition coefficient (Wildman–Crippen LogP) is 2.30. The fourth-order valence-corrected chi connectivity index (χ4v) is 2.54. The van der Waals surface area contributed by atoms with Gasteiger partial charge in [-0.25, -0.2) is 13.6 Å². The van der Waals surface area contributed by atoms with Crippen LogP contribution < -0.4 is 4.65 Å². The van der Waals surface area contributed by atoms with Gasteiger partial charge >= 0.3 is 13.1 Å². The second kappa shape index (κ2) is 7.08. The summed E-state index contributed by atoms with van der Waals surface area (Å²) in [5.41, 5.74) is -0.438. The Kier molecular flexibility index (Phi) is 5.36. The summed E-state index contributed by atoms with van der Waals surface area (Å²) in [7, 11) is -1.38. The molecule has 1 N–H and O–H groups in total. The second-order valence-electron chi connectivity index (χ2n) is 5.33. The molecule has 0 spiro atoms. The first-order chi connectivity index (χ1) is 10.9. The number of carbonyl (C=O) groups excluding carboxylic acids is 2. The van der Waals surface area contributed by atoms with Crippen molar-refractivity contribution < 1.29 is 32.8 Å². The van der Waals surface area contributed by atoms with Gasteiger partial charge in [0.05, 0.1) is 6.61 Å². The minimum atomic E-state index is -1.38. The van der Waals surface area contributed by atoms with Crippen molar-refractivity contribution in [2.24, 2.45) is 0 Å². The van der Waals surface area contributed by atoms with E-state index in [0.717, 1.165) is 6.07 Å². The van der Waals surface area contributed by atoms with Crippen molar-refractivity contribution in [1.82, 2.24) is 0 Å². The number of ether oxygens (including phenoxy) is 1.